The molecule has 100 valence electrons. The molecule has 1 aliphatic rings. The molecule has 0 amide bonds. The van der Waals surface area contributed by atoms with E-state index < -0.39 is 0 Å². The van der Waals surface area contributed by atoms with Crippen molar-refractivity contribution in [1.82, 2.24) is 5.32 Å². The average molecular weight is 247 g/mol. The van der Waals surface area contributed by atoms with E-state index in [1.54, 1.807) is 0 Å². The van der Waals surface area contributed by atoms with Gasteiger partial charge in [-0.25, -0.2) is 0 Å². The van der Waals surface area contributed by atoms with Crippen LogP contribution in [0.25, 0.3) is 0 Å². The summed E-state index contributed by atoms with van der Waals surface area (Å²) in [6.07, 6.45) is 2.27. The first kappa shape index (κ1) is 13.6. The van der Waals surface area contributed by atoms with Crippen LogP contribution in [0.2, 0.25) is 0 Å². The maximum atomic E-state index is 5.66. The zero-order valence-electron chi connectivity index (χ0n) is 11.8. The van der Waals surface area contributed by atoms with Crippen LogP contribution in [0.1, 0.15) is 32.8 Å². The zero-order chi connectivity index (χ0) is 13.1. The van der Waals surface area contributed by atoms with Crippen molar-refractivity contribution in [3.05, 3.63) is 35.9 Å². The van der Waals surface area contributed by atoms with E-state index in [0.29, 0.717) is 0 Å². The number of rotatable bonds is 4. The van der Waals surface area contributed by atoms with Gasteiger partial charge in [0, 0.05) is 24.1 Å². The summed E-state index contributed by atoms with van der Waals surface area (Å²) in [5.41, 5.74) is 1.86. The fourth-order valence-corrected chi connectivity index (χ4v) is 2.47. The van der Waals surface area contributed by atoms with Crippen molar-refractivity contribution < 1.29 is 4.74 Å². The highest BCUT2D eigenvalue weighted by Crippen LogP contribution is 2.32. The molecule has 0 saturated carbocycles. The highest BCUT2D eigenvalue weighted by molar-refractivity contribution is 5.17. The Bertz CT molecular complexity index is 360. The third kappa shape index (κ3) is 3.82. The Labute approximate surface area is 111 Å². The van der Waals surface area contributed by atoms with Gasteiger partial charge >= 0.3 is 0 Å². The molecule has 0 radical (unpaired) electrons. The molecule has 18 heavy (non-hydrogen) atoms. The quantitative estimate of drug-likeness (QED) is 0.883. The minimum absolute atomic E-state index is 0.173. The van der Waals surface area contributed by atoms with E-state index >= 15 is 0 Å². The van der Waals surface area contributed by atoms with Gasteiger partial charge in [-0.05, 0) is 39.2 Å². The summed E-state index contributed by atoms with van der Waals surface area (Å²) < 4.78 is 5.66. The smallest absolute Gasteiger partial charge is 0.0538 e. The van der Waals surface area contributed by atoms with E-state index in [-0.39, 0.29) is 11.0 Å². The van der Waals surface area contributed by atoms with Gasteiger partial charge in [0.05, 0.1) is 6.61 Å². The molecule has 1 fully saturated rings. The number of benzene rings is 1. The molecule has 1 unspecified atom stereocenters. The van der Waals surface area contributed by atoms with Gasteiger partial charge in [0.25, 0.3) is 0 Å². The third-order valence-corrected chi connectivity index (χ3v) is 3.60. The van der Waals surface area contributed by atoms with E-state index in [1.807, 2.05) is 0 Å². The van der Waals surface area contributed by atoms with Crippen molar-refractivity contribution in [2.75, 3.05) is 19.8 Å². The molecule has 1 N–H and O–H groups in total. The van der Waals surface area contributed by atoms with Gasteiger partial charge in [-0.1, -0.05) is 30.3 Å². The maximum Gasteiger partial charge on any atom is 0.0538 e. The first-order valence-corrected chi connectivity index (χ1v) is 6.86. The van der Waals surface area contributed by atoms with Crippen LogP contribution in [0.15, 0.2) is 30.3 Å². The largest absolute Gasteiger partial charge is 0.381 e. The molecular weight excluding hydrogens is 222 g/mol. The molecule has 1 atom stereocenters. The molecule has 2 nitrogen and oxygen atoms in total. The first-order valence-electron chi connectivity index (χ1n) is 6.86. The van der Waals surface area contributed by atoms with Crippen molar-refractivity contribution >= 4 is 0 Å². The van der Waals surface area contributed by atoms with Crippen LogP contribution in [-0.4, -0.2) is 25.3 Å². The number of hydrogen-bond donors (Lipinski definition) is 1. The monoisotopic (exact) mass is 247 g/mol. The molecule has 2 heteroatoms. The Morgan fingerprint density at radius 2 is 1.94 bits per heavy atom. The van der Waals surface area contributed by atoms with Crippen LogP contribution < -0.4 is 5.32 Å². The zero-order valence-corrected chi connectivity index (χ0v) is 11.8. The minimum atomic E-state index is 0.173. The molecule has 0 spiro atoms. The van der Waals surface area contributed by atoms with Gasteiger partial charge in [0.2, 0.25) is 0 Å². The predicted molar refractivity (Wildman–Crippen MR) is 75.8 cm³/mol. The van der Waals surface area contributed by atoms with Crippen LogP contribution in [0.4, 0.5) is 0 Å². The van der Waals surface area contributed by atoms with Crippen LogP contribution in [-0.2, 0) is 11.2 Å². The highest BCUT2D eigenvalue weighted by atomic mass is 16.5. The van der Waals surface area contributed by atoms with Gasteiger partial charge < -0.3 is 10.1 Å². The molecule has 1 aliphatic heterocycles. The standard InChI is InChI=1S/C16H25NO/c1-15(2,3)17-12-16(9-10-18-13-16)11-14-7-5-4-6-8-14/h4-8,17H,9-13H2,1-3H3. The Kier molecular flexibility index (Phi) is 4.08. The number of nitrogens with one attached hydrogen (secondary N) is 1. The lowest BCUT2D eigenvalue weighted by Gasteiger charge is -2.32. The summed E-state index contributed by atoms with van der Waals surface area (Å²) >= 11 is 0. The molecule has 1 aromatic carbocycles. The van der Waals surface area contributed by atoms with Crippen LogP contribution in [0.5, 0.6) is 0 Å². The first-order chi connectivity index (χ1) is 8.49. The van der Waals surface area contributed by atoms with Gasteiger partial charge in [0.15, 0.2) is 0 Å². The summed E-state index contributed by atoms with van der Waals surface area (Å²) in [4.78, 5) is 0. The average Bonchev–Trinajstić information content (AvgIpc) is 2.76. The molecule has 2 rings (SSSR count). The Hall–Kier alpha value is -0.860. The topological polar surface area (TPSA) is 21.3 Å². The molecule has 0 bridgehead atoms. The number of ether oxygens (including phenoxy) is 1. The predicted octanol–water partition coefficient (Wildman–Crippen LogP) is 3.02. The van der Waals surface area contributed by atoms with Gasteiger partial charge in [0.1, 0.15) is 0 Å². The minimum Gasteiger partial charge on any atom is -0.381 e. The molecule has 0 aromatic heterocycles. The summed E-state index contributed by atoms with van der Waals surface area (Å²) in [7, 11) is 0. The normalized spacial score (nSPS) is 24.4. The van der Waals surface area contributed by atoms with Crippen molar-refractivity contribution in [3.63, 3.8) is 0 Å². The van der Waals surface area contributed by atoms with E-state index in [0.717, 1.165) is 32.6 Å². The van der Waals surface area contributed by atoms with Crippen molar-refractivity contribution in [1.29, 1.82) is 0 Å². The number of hydrogen-bond acceptors (Lipinski definition) is 2. The fourth-order valence-electron chi connectivity index (χ4n) is 2.47. The third-order valence-electron chi connectivity index (χ3n) is 3.60. The lowest BCUT2D eigenvalue weighted by molar-refractivity contribution is 0.144. The second-order valence-corrected chi connectivity index (χ2v) is 6.57. The van der Waals surface area contributed by atoms with E-state index in [1.165, 1.54) is 5.56 Å². The van der Waals surface area contributed by atoms with Gasteiger partial charge in [-0.3, -0.25) is 0 Å². The fraction of sp³-hybridized carbons (Fsp3) is 0.625. The van der Waals surface area contributed by atoms with E-state index in [4.69, 9.17) is 4.74 Å². The van der Waals surface area contributed by atoms with Crippen molar-refractivity contribution in [2.24, 2.45) is 5.41 Å². The van der Waals surface area contributed by atoms with Crippen LogP contribution in [0.3, 0.4) is 0 Å². The summed E-state index contributed by atoms with van der Waals surface area (Å²) in [6.45, 7) is 9.48. The van der Waals surface area contributed by atoms with Crippen molar-refractivity contribution in [2.45, 2.75) is 39.2 Å². The summed E-state index contributed by atoms with van der Waals surface area (Å²) in [6, 6.07) is 10.8. The summed E-state index contributed by atoms with van der Waals surface area (Å²) in [5, 5.41) is 3.64. The molecule has 0 aliphatic carbocycles. The SMILES string of the molecule is CC(C)(C)NCC1(Cc2ccccc2)CCOC1. The lowest BCUT2D eigenvalue weighted by atomic mass is 9.80. The Balaban J connectivity index is 2.03. The highest BCUT2D eigenvalue weighted by Gasteiger charge is 2.35. The lowest BCUT2D eigenvalue weighted by Crippen LogP contribution is -2.45. The molecule has 1 aromatic rings. The van der Waals surface area contributed by atoms with Crippen molar-refractivity contribution in [3.8, 4) is 0 Å². The summed E-state index contributed by atoms with van der Waals surface area (Å²) in [5.74, 6) is 0. The maximum absolute atomic E-state index is 5.66. The van der Waals surface area contributed by atoms with Crippen LogP contribution >= 0.6 is 0 Å². The van der Waals surface area contributed by atoms with E-state index in [9.17, 15) is 0 Å². The Morgan fingerprint density at radius 1 is 1.22 bits per heavy atom. The second-order valence-electron chi connectivity index (χ2n) is 6.57. The van der Waals surface area contributed by atoms with E-state index in [2.05, 4.69) is 56.4 Å². The van der Waals surface area contributed by atoms with Gasteiger partial charge in [-0.2, -0.15) is 0 Å². The molecule has 1 saturated heterocycles. The van der Waals surface area contributed by atoms with Gasteiger partial charge in [-0.15, -0.1) is 0 Å². The molecular formula is C16H25NO. The second kappa shape index (κ2) is 5.41. The van der Waals surface area contributed by atoms with Crippen LogP contribution in [0, 0.1) is 5.41 Å². The molecule has 1 heterocycles. The Morgan fingerprint density at radius 3 is 2.50 bits per heavy atom.